The first-order chi connectivity index (χ1) is 8.99. The van der Waals surface area contributed by atoms with Crippen LogP contribution >= 0.6 is 0 Å². The lowest BCUT2D eigenvalue weighted by Crippen LogP contribution is -2.45. The number of nitrogens with two attached hydrogens (primary N) is 1. The lowest BCUT2D eigenvalue weighted by Gasteiger charge is -2.17. The number of hydrogen-bond donors (Lipinski definition) is 2. The molecule has 19 heavy (non-hydrogen) atoms. The summed E-state index contributed by atoms with van der Waals surface area (Å²) in [4.78, 5) is 23.0. The third kappa shape index (κ3) is 6.04. The van der Waals surface area contributed by atoms with Gasteiger partial charge in [0.1, 0.15) is 6.04 Å². The van der Waals surface area contributed by atoms with Crippen molar-refractivity contribution >= 4 is 11.8 Å². The van der Waals surface area contributed by atoms with Gasteiger partial charge in [-0.3, -0.25) is 9.59 Å². The second-order valence-electron chi connectivity index (χ2n) is 5.14. The van der Waals surface area contributed by atoms with E-state index in [-0.39, 0.29) is 5.91 Å². The maximum atomic E-state index is 11.8. The zero-order valence-electron chi connectivity index (χ0n) is 11.6. The number of aryl methyl sites for hydroxylation is 1. The summed E-state index contributed by atoms with van der Waals surface area (Å²) >= 11 is 0. The second kappa shape index (κ2) is 7.56. The lowest BCUT2D eigenvalue weighted by molar-refractivity contribution is -0.127. The Morgan fingerprint density at radius 3 is 2.37 bits per heavy atom. The predicted molar refractivity (Wildman–Crippen MR) is 75.3 cm³/mol. The minimum atomic E-state index is -0.566. The van der Waals surface area contributed by atoms with Crippen LogP contribution in [-0.4, -0.2) is 17.9 Å². The first-order valence-electron chi connectivity index (χ1n) is 6.61. The molecule has 1 aromatic rings. The van der Waals surface area contributed by atoms with Gasteiger partial charge in [0.15, 0.2) is 0 Å². The van der Waals surface area contributed by atoms with E-state index in [1.165, 1.54) is 0 Å². The topological polar surface area (TPSA) is 72.2 Å². The van der Waals surface area contributed by atoms with Crippen molar-refractivity contribution in [3.05, 3.63) is 35.9 Å². The van der Waals surface area contributed by atoms with Crippen molar-refractivity contribution in [1.29, 1.82) is 0 Å². The minimum absolute atomic E-state index is 0.131. The van der Waals surface area contributed by atoms with E-state index in [2.05, 4.69) is 5.32 Å². The number of carbonyl (C=O) groups excluding carboxylic acids is 2. The van der Waals surface area contributed by atoms with Crippen molar-refractivity contribution in [1.82, 2.24) is 5.32 Å². The van der Waals surface area contributed by atoms with Gasteiger partial charge >= 0.3 is 0 Å². The maximum Gasteiger partial charge on any atom is 0.240 e. The molecule has 0 aliphatic heterocycles. The number of nitrogens with one attached hydrogen (secondary N) is 1. The molecule has 0 heterocycles. The third-order valence-electron chi connectivity index (χ3n) is 2.87. The molecule has 3 N–H and O–H groups in total. The van der Waals surface area contributed by atoms with Crippen LogP contribution in [0.25, 0.3) is 0 Å². The number of hydrogen-bond acceptors (Lipinski definition) is 2. The van der Waals surface area contributed by atoms with Crippen LogP contribution in [0.2, 0.25) is 0 Å². The van der Waals surface area contributed by atoms with Crippen LogP contribution < -0.4 is 11.1 Å². The molecular formula is C15H22N2O2. The summed E-state index contributed by atoms with van der Waals surface area (Å²) in [7, 11) is 0. The highest BCUT2D eigenvalue weighted by Gasteiger charge is 2.18. The molecular weight excluding hydrogens is 240 g/mol. The van der Waals surface area contributed by atoms with E-state index in [0.29, 0.717) is 25.2 Å². The highest BCUT2D eigenvalue weighted by Crippen LogP contribution is 2.06. The highest BCUT2D eigenvalue weighted by atomic mass is 16.2. The Hall–Kier alpha value is -1.84. The van der Waals surface area contributed by atoms with Gasteiger partial charge < -0.3 is 11.1 Å². The second-order valence-corrected chi connectivity index (χ2v) is 5.14. The molecule has 0 aliphatic carbocycles. The summed E-state index contributed by atoms with van der Waals surface area (Å²) in [6, 6.07) is 9.22. The molecule has 0 aromatic heterocycles. The van der Waals surface area contributed by atoms with Gasteiger partial charge in [0.05, 0.1) is 0 Å². The molecule has 4 heteroatoms. The maximum absolute atomic E-state index is 11.8. The molecule has 0 saturated carbocycles. The molecule has 1 atom stereocenters. The monoisotopic (exact) mass is 262 g/mol. The molecule has 0 fully saturated rings. The van der Waals surface area contributed by atoms with E-state index in [0.717, 1.165) is 5.56 Å². The SMILES string of the molecule is CC(C)C[C@@H](NC(=O)CCc1ccccc1)C(N)=O. The van der Waals surface area contributed by atoms with E-state index in [1.807, 2.05) is 44.2 Å². The van der Waals surface area contributed by atoms with Gasteiger partial charge in [-0.15, -0.1) is 0 Å². The Kier molecular flexibility index (Phi) is 6.06. The Bertz CT molecular complexity index is 415. The van der Waals surface area contributed by atoms with Crippen molar-refractivity contribution in [2.45, 2.75) is 39.2 Å². The first kappa shape index (κ1) is 15.2. The number of benzene rings is 1. The highest BCUT2D eigenvalue weighted by molar-refractivity contribution is 5.86. The largest absolute Gasteiger partial charge is 0.368 e. The van der Waals surface area contributed by atoms with E-state index in [9.17, 15) is 9.59 Å². The van der Waals surface area contributed by atoms with Gasteiger partial charge in [0, 0.05) is 6.42 Å². The van der Waals surface area contributed by atoms with Crippen LogP contribution in [0.15, 0.2) is 30.3 Å². The number of carbonyl (C=O) groups is 2. The van der Waals surface area contributed by atoms with E-state index in [1.54, 1.807) is 0 Å². The number of primary amides is 1. The van der Waals surface area contributed by atoms with Gasteiger partial charge in [-0.05, 0) is 24.3 Å². The van der Waals surface area contributed by atoms with Crippen molar-refractivity contribution in [2.75, 3.05) is 0 Å². The Balaban J connectivity index is 2.42. The Morgan fingerprint density at radius 2 is 1.84 bits per heavy atom. The summed E-state index contributed by atoms with van der Waals surface area (Å²) in [5, 5.41) is 2.70. The zero-order valence-corrected chi connectivity index (χ0v) is 11.6. The van der Waals surface area contributed by atoms with E-state index in [4.69, 9.17) is 5.73 Å². The summed E-state index contributed by atoms with van der Waals surface area (Å²) in [6.45, 7) is 3.98. The third-order valence-corrected chi connectivity index (χ3v) is 2.87. The fourth-order valence-electron chi connectivity index (χ4n) is 1.89. The van der Waals surface area contributed by atoms with Gasteiger partial charge in [-0.1, -0.05) is 44.2 Å². The van der Waals surface area contributed by atoms with E-state index >= 15 is 0 Å². The van der Waals surface area contributed by atoms with Crippen molar-refractivity contribution < 1.29 is 9.59 Å². The van der Waals surface area contributed by atoms with Gasteiger partial charge in [0.25, 0.3) is 0 Å². The zero-order chi connectivity index (χ0) is 14.3. The first-order valence-corrected chi connectivity index (χ1v) is 6.61. The molecule has 104 valence electrons. The molecule has 0 unspecified atom stereocenters. The molecule has 0 bridgehead atoms. The fraction of sp³-hybridized carbons (Fsp3) is 0.467. The van der Waals surface area contributed by atoms with Crippen LogP contribution in [0.4, 0.5) is 0 Å². The summed E-state index contributed by atoms with van der Waals surface area (Å²) in [5.41, 5.74) is 6.40. The van der Waals surface area contributed by atoms with Crippen LogP contribution in [0.1, 0.15) is 32.3 Å². The smallest absolute Gasteiger partial charge is 0.240 e. The molecule has 2 amide bonds. The van der Waals surface area contributed by atoms with Crippen LogP contribution in [0.5, 0.6) is 0 Å². The summed E-state index contributed by atoms with van der Waals surface area (Å²) < 4.78 is 0. The lowest BCUT2D eigenvalue weighted by atomic mass is 10.0. The number of rotatable bonds is 7. The van der Waals surface area contributed by atoms with Crippen molar-refractivity contribution in [3.63, 3.8) is 0 Å². The van der Waals surface area contributed by atoms with Crippen molar-refractivity contribution in [3.8, 4) is 0 Å². The normalized spacial score (nSPS) is 12.2. The molecule has 0 aliphatic rings. The van der Waals surface area contributed by atoms with E-state index < -0.39 is 11.9 Å². The standard InChI is InChI=1S/C15H22N2O2/c1-11(2)10-13(15(16)19)17-14(18)9-8-12-6-4-3-5-7-12/h3-7,11,13H,8-10H2,1-2H3,(H2,16,19)(H,17,18)/t13-/m1/s1. The molecule has 1 aromatic carbocycles. The average molecular weight is 262 g/mol. The molecule has 0 spiro atoms. The Labute approximate surface area is 114 Å². The van der Waals surface area contributed by atoms with Gasteiger partial charge in [0.2, 0.25) is 11.8 Å². The van der Waals surface area contributed by atoms with Crippen LogP contribution in [0.3, 0.4) is 0 Å². The summed E-state index contributed by atoms with van der Waals surface area (Å²) in [5.74, 6) is -0.290. The molecule has 0 saturated heterocycles. The van der Waals surface area contributed by atoms with Gasteiger partial charge in [-0.25, -0.2) is 0 Å². The van der Waals surface area contributed by atoms with Crippen LogP contribution in [-0.2, 0) is 16.0 Å². The fourth-order valence-corrected chi connectivity index (χ4v) is 1.89. The van der Waals surface area contributed by atoms with Crippen LogP contribution in [0, 0.1) is 5.92 Å². The average Bonchev–Trinajstić information content (AvgIpc) is 2.36. The predicted octanol–water partition coefficient (Wildman–Crippen LogP) is 1.64. The minimum Gasteiger partial charge on any atom is -0.368 e. The molecule has 4 nitrogen and oxygen atoms in total. The quantitative estimate of drug-likeness (QED) is 0.784. The van der Waals surface area contributed by atoms with Gasteiger partial charge in [-0.2, -0.15) is 0 Å². The number of amides is 2. The molecule has 1 rings (SSSR count). The summed E-state index contributed by atoms with van der Waals surface area (Å²) in [6.07, 6.45) is 1.61. The molecule has 0 radical (unpaired) electrons. The Morgan fingerprint density at radius 1 is 1.21 bits per heavy atom. The van der Waals surface area contributed by atoms with Crippen molar-refractivity contribution in [2.24, 2.45) is 11.7 Å².